The Morgan fingerprint density at radius 1 is 1.09 bits per heavy atom. The van der Waals surface area contributed by atoms with Crippen LogP contribution in [0.25, 0.3) is 5.57 Å². The van der Waals surface area contributed by atoms with Crippen LogP contribution in [-0.2, 0) is 0 Å². The second kappa shape index (κ2) is 5.11. The fourth-order valence-corrected chi connectivity index (χ4v) is 3.48. The van der Waals surface area contributed by atoms with Crippen molar-refractivity contribution in [3.63, 3.8) is 0 Å². The minimum Gasteiger partial charge on any atom is -0.478 e. The van der Waals surface area contributed by atoms with Gasteiger partial charge in [-0.25, -0.2) is 4.79 Å². The van der Waals surface area contributed by atoms with E-state index in [0.717, 1.165) is 39.0 Å². The SMILES string of the molecule is Cc1cc(C)c(C2=CC(O)c3ccccc32)c(C)c1C(=O)O. The Balaban J connectivity index is 2.29. The predicted molar refractivity (Wildman–Crippen MR) is 86.1 cm³/mol. The van der Waals surface area contributed by atoms with Gasteiger partial charge in [0.25, 0.3) is 0 Å². The number of carbonyl (C=O) groups is 1. The van der Waals surface area contributed by atoms with Crippen molar-refractivity contribution in [2.24, 2.45) is 0 Å². The molecular weight excluding hydrogens is 276 g/mol. The highest BCUT2D eigenvalue weighted by molar-refractivity contribution is 5.96. The molecule has 3 nitrogen and oxygen atoms in total. The van der Waals surface area contributed by atoms with Crippen LogP contribution < -0.4 is 0 Å². The number of hydrogen-bond donors (Lipinski definition) is 2. The number of hydrogen-bond acceptors (Lipinski definition) is 2. The molecule has 1 aliphatic carbocycles. The van der Waals surface area contributed by atoms with Gasteiger partial charge in [0.1, 0.15) is 0 Å². The molecule has 0 aliphatic heterocycles. The molecule has 3 heteroatoms. The third-order valence-electron chi connectivity index (χ3n) is 4.35. The van der Waals surface area contributed by atoms with Gasteiger partial charge in [0, 0.05) is 0 Å². The zero-order valence-electron chi connectivity index (χ0n) is 12.8. The first kappa shape index (κ1) is 14.5. The summed E-state index contributed by atoms with van der Waals surface area (Å²) in [6.45, 7) is 5.64. The van der Waals surface area contributed by atoms with Crippen molar-refractivity contribution in [2.75, 3.05) is 0 Å². The Bertz CT molecular complexity index is 816. The van der Waals surface area contributed by atoms with E-state index in [2.05, 4.69) is 0 Å². The van der Waals surface area contributed by atoms with E-state index in [-0.39, 0.29) is 0 Å². The summed E-state index contributed by atoms with van der Waals surface area (Å²) in [5.74, 6) is -0.913. The molecule has 0 heterocycles. The standard InChI is InChI=1S/C19H18O3/c1-10-8-11(2)18(19(21)22)12(3)17(10)15-9-16(20)14-7-5-4-6-13(14)15/h4-9,16,20H,1-3H3,(H,21,22). The molecule has 0 spiro atoms. The van der Waals surface area contributed by atoms with E-state index < -0.39 is 12.1 Å². The number of aromatic carboxylic acids is 1. The van der Waals surface area contributed by atoms with Crippen LogP contribution in [0.2, 0.25) is 0 Å². The Morgan fingerprint density at radius 3 is 2.45 bits per heavy atom. The van der Waals surface area contributed by atoms with Gasteiger partial charge in [0.15, 0.2) is 0 Å². The van der Waals surface area contributed by atoms with Crippen molar-refractivity contribution in [1.82, 2.24) is 0 Å². The van der Waals surface area contributed by atoms with Crippen molar-refractivity contribution >= 4 is 11.5 Å². The minimum absolute atomic E-state index is 0.348. The molecule has 1 unspecified atom stereocenters. The van der Waals surface area contributed by atoms with Crippen molar-refractivity contribution in [3.8, 4) is 0 Å². The van der Waals surface area contributed by atoms with Gasteiger partial charge in [-0.3, -0.25) is 0 Å². The van der Waals surface area contributed by atoms with E-state index in [0.29, 0.717) is 5.56 Å². The van der Waals surface area contributed by atoms with Crippen molar-refractivity contribution in [3.05, 3.63) is 75.4 Å². The summed E-state index contributed by atoms with van der Waals surface area (Å²) in [4.78, 5) is 11.6. The number of fused-ring (bicyclic) bond motifs is 1. The maximum absolute atomic E-state index is 11.6. The maximum atomic E-state index is 11.6. The lowest BCUT2D eigenvalue weighted by molar-refractivity contribution is 0.0695. The van der Waals surface area contributed by atoms with Crippen LogP contribution in [-0.4, -0.2) is 16.2 Å². The molecule has 0 saturated carbocycles. The molecule has 1 atom stereocenters. The fourth-order valence-electron chi connectivity index (χ4n) is 3.48. The topological polar surface area (TPSA) is 57.5 Å². The average molecular weight is 294 g/mol. The van der Waals surface area contributed by atoms with Gasteiger partial charge >= 0.3 is 5.97 Å². The third kappa shape index (κ3) is 2.06. The molecule has 112 valence electrons. The van der Waals surface area contributed by atoms with Gasteiger partial charge in [-0.15, -0.1) is 0 Å². The van der Waals surface area contributed by atoms with Gasteiger partial charge in [-0.1, -0.05) is 30.3 Å². The predicted octanol–water partition coefficient (Wildman–Crippen LogP) is 3.79. The molecule has 0 aromatic heterocycles. The Hall–Kier alpha value is -2.39. The second-order valence-corrected chi connectivity index (χ2v) is 5.80. The highest BCUT2D eigenvalue weighted by Gasteiger charge is 2.26. The number of aliphatic hydroxyl groups is 1. The number of carboxylic acid groups (broad SMARTS) is 1. The van der Waals surface area contributed by atoms with E-state index in [1.165, 1.54) is 0 Å². The van der Waals surface area contributed by atoms with E-state index in [9.17, 15) is 15.0 Å². The number of carboxylic acids is 1. The molecule has 0 radical (unpaired) electrons. The lowest BCUT2D eigenvalue weighted by atomic mass is 9.87. The summed E-state index contributed by atoms with van der Waals surface area (Å²) < 4.78 is 0. The summed E-state index contributed by atoms with van der Waals surface area (Å²) >= 11 is 0. The molecule has 0 fully saturated rings. The maximum Gasteiger partial charge on any atom is 0.336 e. The highest BCUT2D eigenvalue weighted by atomic mass is 16.4. The van der Waals surface area contributed by atoms with Crippen LogP contribution in [0.4, 0.5) is 0 Å². The lowest BCUT2D eigenvalue weighted by Gasteiger charge is -2.17. The molecule has 2 aromatic rings. The highest BCUT2D eigenvalue weighted by Crippen LogP contribution is 2.41. The number of rotatable bonds is 2. The van der Waals surface area contributed by atoms with Crippen LogP contribution in [0.1, 0.15) is 49.8 Å². The summed E-state index contributed by atoms with van der Waals surface area (Å²) in [5.41, 5.74) is 6.55. The number of aryl methyl sites for hydroxylation is 2. The largest absolute Gasteiger partial charge is 0.478 e. The average Bonchev–Trinajstić information content (AvgIpc) is 2.76. The van der Waals surface area contributed by atoms with E-state index in [4.69, 9.17) is 0 Å². The summed E-state index contributed by atoms with van der Waals surface area (Å²) in [7, 11) is 0. The van der Waals surface area contributed by atoms with Gasteiger partial charge < -0.3 is 10.2 Å². The van der Waals surface area contributed by atoms with Gasteiger partial charge in [-0.05, 0) is 65.8 Å². The van der Waals surface area contributed by atoms with Crippen molar-refractivity contribution < 1.29 is 15.0 Å². The quantitative estimate of drug-likeness (QED) is 0.886. The molecule has 2 aromatic carbocycles. The van der Waals surface area contributed by atoms with Gasteiger partial charge in [0.2, 0.25) is 0 Å². The zero-order valence-corrected chi connectivity index (χ0v) is 12.8. The molecular formula is C19H18O3. The molecule has 1 aliphatic rings. The zero-order chi connectivity index (χ0) is 16.0. The Labute approximate surface area is 129 Å². The molecule has 22 heavy (non-hydrogen) atoms. The van der Waals surface area contributed by atoms with Crippen LogP contribution in [0.3, 0.4) is 0 Å². The number of aliphatic hydroxyl groups excluding tert-OH is 1. The summed E-state index contributed by atoms with van der Waals surface area (Å²) in [6.07, 6.45) is 1.17. The molecule has 3 rings (SSSR count). The van der Waals surface area contributed by atoms with Crippen molar-refractivity contribution in [1.29, 1.82) is 0 Å². The monoisotopic (exact) mass is 294 g/mol. The van der Waals surface area contributed by atoms with E-state index >= 15 is 0 Å². The van der Waals surface area contributed by atoms with E-state index in [1.807, 2.05) is 51.1 Å². The lowest BCUT2D eigenvalue weighted by Crippen LogP contribution is -2.07. The minimum atomic E-state index is -0.913. The van der Waals surface area contributed by atoms with Crippen LogP contribution in [0.15, 0.2) is 36.4 Å². The van der Waals surface area contributed by atoms with Crippen LogP contribution in [0, 0.1) is 20.8 Å². The Morgan fingerprint density at radius 2 is 1.77 bits per heavy atom. The van der Waals surface area contributed by atoms with Crippen molar-refractivity contribution in [2.45, 2.75) is 26.9 Å². The second-order valence-electron chi connectivity index (χ2n) is 5.80. The first-order chi connectivity index (χ1) is 10.4. The molecule has 2 N–H and O–H groups in total. The molecule has 0 bridgehead atoms. The Kier molecular flexibility index (Phi) is 3.38. The third-order valence-corrected chi connectivity index (χ3v) is 4.35. The number of benzene rings is 2. The molecule has 0 amide bonds. The van der Waals surface area contributed by atoms with Crippen LogP contribution in [0.5, 0.6) is 0 Å². The van der Waals surface area contributed by atoms with E-state index in [1.54, 1.807) is 6.08 Å². The molecule has 0 saturated heterocycles. The normalized spacial score (nSPS) is 16.4. The van der Waals surface area contributed by atoms with Gasteiger partial charge in [-0.2, -0.15) is 0 Å². The first-order valence-corrected chi connectivity index (χ1v) is 7.25. The smallest absolute Gasteiger partial charge is 0.336 e. The fraction of sp³-hybridized carbons (Fsp3) is 0.211. The van der Waals surface area contributed by atoms with Gasteiger partial charge in [0.05, 0.1) is 11.7 Å². The van der Waals surface area contributed by atoms with Crippen LogP contribution >= 0.6 is 0 Å². The summed E-state index contributed by atoms with van der Waals surface area (Å²) in [6, 6.07) is 9.61. The first-order valence-electron chi connectivity index (χ1n) is 7.25. The summed E-state index contributed by atoms with van der Waals surface area (Å²) in [5, 5.41) is 19.7.